The maximum atomic E-state index is 10.0. The van der Waals surface area contributed by atoms with Crippen LogP contribution < -0.4 is 0 Å². The average molecular weight is 194 g/mol. The van der Waals surface area contributed by atoms with Crippen molar-refractivity contribution in [2.75, 3.05) is 0 Å². The Morgan fingerprint density at radius 3 is 2.36 bits per heavy atom. The maximum absolute atomic E-state index is 10.0. The molecule has 1 N–H and O–H groups in total. The van der Waals surface area contributed by atoms with E-state index in [9.17, 15) is 5.11 Å². The van der Waals surface area contributed by atoms with Crippen LogP contribution in [0.2, 0.25) is 0 Å². The van der Waals surface area contributed by atoms with Crippen LogP contribution in [0.1, 0.15) is 53.9 Å². The summed E-state index contributed by atoms with van der Waals surface area (Å²) < 4.78 is 0. The normalized spacial score (nSPS) is 22.6. The zero-order valence-electron chi connectivity index (χ0n) is 10.1. The summed E-state index contributed by atoms with van der Waals surface area (Å²) >= 11 is 0. The lowest BCUT2D eigenvalue weighted by Gasteiger charge is -2.19. The highest BCUT2D eigenvalue weighted by Gasteiger charge is 2.30. The Balaban J connectivity index is 3.07. The summed E-state index contributed by atoms with van der Waals surface area (Å²) in [7, 11) is 0. The van der Waals surface area contributed by atoms with E-state index in [1.807, 2.05) is 6.92 Å². The van der Waals surface area contributed by atoms with Gasteiger partial charge in [-0.2, -0.15) is 0 Å². The highest BCUT2D eigenvalue weighted by Crippen LogP contribution is 2.44. The van der Waals surface area contributed by atoms with Gasteiger partial charge in [0.1, 0.15) is 5.76 Å². The molecule has 0 saturated heterocycles. The highest BCUT2D eigenvalue weighted by atomic mass is 16.3. The minimum absolute atomic E-state index is 0.275. The summed E-state index contributed by atoms with van der Waals surface area (Å²) in [6.45, 7) is 10.8. The van der Waals surface area contributed by atoms with E-state index < -0.39 is 0 Å². The molecular weight excluding hydrogens is 172 g/mol. The van der Waals surface area contributed by atoms with Gasteiger partial charge in [-0.3, -0.25) is 0 Å². The molecule has 1 nitrogen and oxygen atoms in total. The van der Waals surface area contributed by atoms with Crippen LogP contribution in [0, 0.1) is 5.41 Å². The Bertz CT molecular complexity index is 292. The third-order valence-corrected chi connectivity index (χ3v) is 3.69. The van der Waals surface area contributed by atoms with Crippen molar-refractivity contribution < 1.29 is 5.11 Å². The van der Waals surface area contributed by atoms with Gasteiger partial charge in [-0.1, -0.05) is 26.3 Å². The second kappa shape index (κ2) is 3.80. The van der Waals surface area contributed by atoms with Crippen LogP contribution >= 0.6 is 0 Å². The third kappa shape index (κ3) is 1.87. The molecule has 1 aliphatic carbocycles. The summed E-state index contributed by atoms with van der Waals surface area (Å²) in [5, 5.41) is 10.0. The van der Waals surface area contributed by atoms with Gasteiger partial charge in [0.2, 0.25) is 0 Å². The number of aliphatic hydroxyl groups is 1. The third-order valence-electron chi connectivity index (χ3n) is 3.69. The van der Waals surface area contributed by atoms with Gasteiger partial charge in [0.15, 0.2) is 0 Å². The van der Waals surface area contributed by atoms with Gasteiger partial charge in [-0.25, -0.2) is 0 Å². The van der Waals surface area contributed by atoms with Gasteiger partial charge < -0.3 is 5.11 Å². The molecule has 80 valence electrons. The van der Waals surface area contributed by atoms with Crippen molar-refractivity contribution in [2.45, 2.75) is 53.9 Å². The first-order valence-electron chi connectivity index (χ1n) is 5.49. The fraction of sp³-hybridized carbons (Fsp3) is 0.692. The standard InChI is InChI=1S/C13H22O/c1-6-9(2)12(14)11-7-8-13(4,5)10(11)3/h14H,6-8H2,1-5H3/b12-9-. The zero-order valence-corrected chi connectivity index (χ0v) is 10.1. The van der Waals surface area contributed by atoms with Gasteiger partial charge in [-0.05, 0) is 49.7 Å². The number of rotatable bonds is 2. The first-order chi connectivity index (χ1) is 6.40. The Labute approximate surface area is 87.5 Å². The van der Waals surface area contributed by atoms with E-state index >= 15 is 0 Å². The highest BCUT2D eigenvalue weighted by molar-refractivity contribution is 5.38. The van der Waals surface area contributed by atoms with Crippen LogP contribution in [0.25, 0.3) is 0 Å². The van der Waals surface area contributed by atoms with Crippen LogP contribution in [-0.4, -0.2) is 5.11 Å². The van der Waals surface area contributed by atoms with Gasteiger partial charge >= 0.3 is 0 Å². The SMILES string of the molecule is CC/C(C)=C(\O)C1=C(C)C(C)(C)CC1. The Hall–Kier alpha value is -0.720. The zero-order chi connectivity index (χ0) is 10.9. The van der Waals surface area contributed by atoms with E-state index in [1.165, 1.54) is 11.1 Å². The van der Waals surface area contributed by atoms with E-state index in [2.05, 4.69) is 27.7 Å². The first kappa shape index (κ1) is 11.4. The molecule has 0 atom stereocenters. The lowest BCUT2D eigenvalue weighted by Crippen LogP contribution is -2.07. The van der Waals surface area contributed by atoms with Gasteiger partial charge in [-0.15, -0.1) is 0 Å². The summed E-state index contributed by atoms with van der Waals surface area (Å²) in [5.74, 6) is 0.551. The molecule has 1 heteroatoms. The summed E-state index contributed by atoms with van der Waals surface area (Å²) in [6, 6.07) is 0. The van der Waals surface area contributed by atoms with Crippen molar-refractivity contribution in [1.29, 1.82) is 0 Å². The van der Waals surface area contributed by atoms with Crippen molar-refractivity contribution >= 4 is 0 Å². The van der Waals surface area contributed by atoms with Crippen LogP contribution in [-0.2, 0) is 0 Å². The van der Waals surface area contributed by atoms with Crippen LogP contribution in [0.3, 0.4) is 0 Å². The molecule has 0 fully saturated rings. The van der Waals surface area contributed by atoms with E-state index in [1.54, 1.807) is 0 Å². The van der Waals surface area contributed by atoms with Crippen LogP contribution in [0.5, 0.6) is 0 Å². The molecule has 0 aromatic heterocycles. The van der Waals surface area contributed by atoms with E-state index in [0.717, 1.165) is 24.8 Å². The second-order valence-electron chi connectivity index (χ2n) is 4.97. The minimum Gasteiger partial charge on any atom is -0.508 e. The number of hydrogen-bond donors (Lipinski definition) is 1. The molecule has 0 saturated carbocycles. The van der Waals surface area contributed by atoms with E-state index in [4.69, 9.17) is 0 Å². The molecule has 0 aromatic rings. The Morgan fingerprint density at radius 2 is 2.00 bits per heavy atom. The Kier molecular flexibility index (Phi) is 3.08. The molecule has 1 rings (SSSR count). The maximum Gasteiger partial charge on any atom is 0.117 e. The quantitative estimate of drug-likeness (QED) is 0.647. The van der Waals surface area contributed by atoms with Gasteiger partial charge in [0.25, 0.3) is 0 Å². The fourth-order valence-electron chi connectivity index (χ4n) is 1.94. The molecule has 0 amide bonds. The van der Waals surface area contributed by atoms with E-state index in [-0.39, 0.29) is 5.41 Å². The van der Waals surface area contributed by atoms with Crippen LogP contribution in [0.4, 0.5) is 0 Å². The number of hydrogen-bond acceptors (Lipinski definition) is 1. The fourth-order valence-corrected chi connectivity index (χ4v) is 1.94. The number of aliphatic hydroxyl groups excluding tert-OH is 1. The predicted octanol–water partition coefficient (Wildman–Crippen LogP) is 4.36. The van der Waals surface area contributed by atoms with Gasteiger partial charge in [0, 0.05) is 0 Å². The molecule has 0 aliphatic heterocycles. The topological polar surface area (TPSA) is 20.2 Å². The Morgan fingerprint density at radius 1 is 1.43 bits per heavy atom. The first-order valence-corrected chi connectivity index (χ1v) is 5.49. The van der Waals surface area contributed by atoms with Crippen molar-refractivity contribution in [3.63, 3.8) is 0 Å². The number of allylic oxidation sites excluding steroid dienone is 3. The van der Waals surface area contributed by atoms with Gasteiger partial charge in [0.05, 0.1) is 0 Å². The van der Waals surface area contributed by atoms with Crippen molar-refractivity contribution in [3.05, 3.63) is 22.5 Å². The second-order valence-corrected chi connectivity index (χ2v) is 4.97. The molecule has 14 heavy (non-hydrogen) atoms. The molecule has 0 unspecified atom stereocenters. The van der Waals surface area contributed by atoms with E-state index in [0.29, 0.717) is 5.76 Å². The largest absolute Gasteiger partial charge is 0.508 e. The van der Waals surface area contributed by atoms with Crippen molar-refractivity contribution in [3.8, 4) is 0 Å². The predicted molar refractivity (Wildman–Crippen MR) is 61.3 cm³/mol. The molecule has 0 heterocycles. The molecule has 0 aromatic carbocycles. The molecular formula is C13H22O. The molecule has 1 aliphatic rings. The summed E-state index contributed by atoms with van der Waals surface area (Å²) in [5.41, 5.74) is 3.94. The summed E-state index contributed by atoms with van der Waals surface area (Å²) in [6.07, 6.45) is 3.13. The molecule has 0 bridgehead atoms. The summed E-state index contributed by atoms with van der Waals surface area (Å²) in [4.78, 5) is 0. The monoisotopic (exact) mass is 194 g/mol. The van der Waals surface area contributed by atoms with Crippen molar-refractivity contribution in [1.82, 2.24) is 0 Å². The lowest BCUT2D eigenvalue weighted by molar-refractivity contribution is 0.410. The smallest absolute Gasteiger partial charge is 0.117 e. The molecule has 0 radical (unpaired) electrons. The lowest BCUT2D eigenvalue weighted by atomic mass is 9.86. The minimum atomic E-state index is 0.275. The van der Waals surface area contributed by atoms with Crippen molar-refractivity contribution in [2.24, 2.45) is 5.41 Å². The molecule has 0 spiro atoms. The van der Waals surface area contributed by atoms with Crippen LogP contribution in [0.15, 0.2) is 22.5 Å². The average Bonchev–Trinajstić information content (AvgIpc) is 2.40.